The van der Waals surface area contributed by atoms with Crippen LogP contribution in [-0.4, -0.2) is 16.6 Å². The Hall–Kier alpha value is -2.27. The monoisotopic (exact) mass is 285 g/mol. The van der Waals surface area contributed by atoms with Crippen molar-refractivity contribution in [2.24, 2.45) is 0 Å². The number of thiazole rings is 1. The number of hydrogen-bond donors (Lipinski definition) is 3. The fraction of sp³-hybridized carbons (Fsp3) is 0.133. The summed E-state index contributed by atoms with van der Waals surface area (Å²) in [4.78, 5) is 4.51. The van der Waals surface area contributed by atoms with Gasteiger partial charge in [-0.1, -0.05) is 23.5 Å². The number of fused-ring (bicyclic) bond motifs is 1. The van der Waals surface area contributed by atoms with Crippen LogP contribution in [0.1, 0.15) is 5.56 Å². The predicted octanol–water partition coefficient (Wildman–Crippen LogP) is 3.24. The van der Waals surface area contributed by atoms with Crippen molar-refractivity contribution in [3.05, 3.63) is 48.0 Å². The van der Waals surface area contributed by atoms with E-state index in [1.807, 2.05) is 30.3 Å². The van der Waals surface area contributed by atoms with E-state index >= 15 is 0 Å². The Morgan fingerprint density at radius 2 is 1.95 bits per heavy atom. The van der Waals surface area contributed by atoms with E-state index in [0.717, 1.165) is 34.0 Å². The second kappa shape index (κ2) is 5.38. The summed E-state index contributed by atoms with van der Waals surface area (Å²) >= 11 is 1.61. The van der Waals surface area contributed by atoms with Gasteiger partial charge in [0.05, 0.1) is 10.2 Å². The molecule has 0 fully saturated rings. The zero-order valence-corrected chi connectivity index (χ0v) is 11.7. The molecule has 0 amide bonds. The molecular formula is C15H15N3OS. The average Bonchev–Trinajstić information content (AvgIpc) is 2.83. The molecule has 0 atom stereocenters. The van der Waals surface area contributed by atoms with Gasteiger partial charge in [0, 0.05) is 12.2 Å². The van der Waals surface area contributed by atoms with Crippen LogP contribution in [0.2, 0.25) is 0 Å². The van der Waals surface area contributed by atoms with Crippen molar-refractivity contribution in [2.45, 2.75) is 6.42 Å². The van der Waals surface area contributed by atoms with Crippen molar-refractivity contribution in [1.29, 1.82) is 0 Å². The summed E-state index contributed by atoms with van der Waals surface area (Å²) in [7, 11) is 0. The number of benzene rings is 2. The van der Waals surface area contributed by atoms with Gasteiger partial charge in [-0.2, -0.15) is 0 Å². The van der Waals surface area contributed by atoms with Gasteiger partial charge < -0.3 is 16.2 Å². The van der Waals surface area contributed by atoms with Gasteiger partial charge in [0.1, 0.15) is 5.75 Å². The SMILES string of the molecule is Nc1ccc2nc(NCCc3ccc(O)cc3)sc2c1. The maximum absolute atomic E-state index is 9.23. The number of phenolic OH excluding ortho intramolecular Hbond substituents is 1. The number of nitrogens with one attached hydrogen (secondary N) is 1. The summed E-state index contributed by atoms with van der Waals surface area (Å²) in [6.45, 7) is 0.806. The fourth-order valence-electron chi connectivity index (χ4n) is 1.99. The molecule has 3 aromatic rings. The highest BCUT2D eigenvalue weighted by molar-refractivity contribution is 7.22. The van der Waals surface area contributed by atoms with Crippen molar-refractivity contribution >= 4 is 32.4 Å². The summed E-state index contributed by atoms with van der Waals surface area (Å²) in [5.41, 5.74) is 8.67. The lowest BCUT2D eigenvalue weighted by Gasteiger charge is -2.02. The van der Waals surface area contributed by atoms with Crippen LogP contribution in [0.25, 0.3) is 10.2 Å². The molecule has 0 saturated carbocycles. The number of aromatic nitrogens is 1. The molecule has 4 N–H and O–H groups in total. The van der Waals surface area contributed by atoms with Crippen molar-refractivity contribution in [3.63, 3.8) is 0 Å². The van der Waals surface area contributed by atoms with E-state index in [-0.39, 0.29) is 0 Å². The van der Waals surface area contributed by atoms with Crippen LogP contribution in [0.4, 0.5) is 10.8 Å². The number of aromatic hydroxyl groups is 1. The first kappa shape index (κ1) is 12.7. The van der Waals surface area contributed by atoms with Crippen LogP contribution in [0.3, 0.4) is 0 Å². The van der Waals surface area contributed by atoms with Gasteiger partial charge in [-0.3, -0.25) is 0 Å². The van der Waals surface area contributed by atoms with Crippen LogP contribution < -0.4 is 11.1 Å². The van der Waals surface area contributed by atoms with E-state index in [2.05, 4.69) is 10.3 Å². The largest absolute Gasteiger partial charge is 0.508 e. The van der Waals surface area contributed by atoms with Crippen LogP contribution in [0, 0.1) is 0 Å². The number of anilines is 2. The molecule has 102 valence electrons. The van der Waals surface area contributed by atoms with Gasteiger partial charge in [0.15, 0.2) is 5.13 Å². The first-order valence-corrected chi connectivity index (χ1v) is 7.20. The molecule has 0 spiro atoms. The lowest BCUT2D eigenvalue weighted by atomic mass is 10.1. The molecule has 4 nitrogen and oxygen atoms in total. The molecule has 1 heterocycles. The minimum Gasteiger partial charge on any atom is -0.508 e. The molecule has 0 unspecified atom stereocenters. The molecular weight excluding hydrogens is 270 g/mol. The third-order valence-corrected chi connectivity index (χ3v) is 4.01. The van der Waals surface area contributed by atoms with E-state index in [9.17, 15) is 5.11 Å². The van der Waals surface area contributed by atoms with Crippen LogP contribution in [0.15, 0.2) is 42.5 Å². The zero-order chi connectivity index (χ0) is 13.9. The predicted molar refractivity (Wildman–Crippen MR) is 84.3 cm³/mol. The summed E-state index contributed by atoms with van der Waals surface area (Å²) in [5.74, 6) is 0.297. The van der Waals surface area contributed by atoms with Gasteiger partial charge in [-0.15, -0.1) is 0 Å². The van der Waals surface area contributed by atoms with Crippen LogP contribution in [-0.2, 0) is 6.42 Å². The third kappa shape index (κ3) is 2.83. The van der Waals surface area contributed by atoms with Crippen molar-refractivity contribution < 1.29 is 5.11 Å². The van der Waals surface area contributed by atoms with E-state index < -0.39 is 0 Å². The molecule has 0 bridgehead atoms. The summed E-state index contributed by atoms with van der Waals surface area (Å²) in [6.07, 6.45) is 0.887. The Morgan fingerprint density at radius 1 is 1.15 bits per heavy atom. The standard InChI is InChI=1S/C15H15N3OS/c16-11-3-6-13-14(9-11)20-15(18-13)17-8-7-10-1-4-12(19)5-2-10/h1-6,9,19H,7-8,16H2,(H,17,18). The normalized spacial score (nSPS) is 10.8. The number of nitrogen functional groups attached to an aromatic ring is 1. The molecule has 20 heavy (non-hydrogen) atoms. The highest BCUT2D eigenvalue weighted by Gasteiger charge is 2.03. The van der Waals surface area contributed by atoms with E-state index in [4.69, 9.17) is 5.73 Å². The Morgan fingerprint density at radius 3 is 2.75 bits per heavy atom. The molecule has 0 saturated heterocycles. The van der Waals surface area contributed by atoms with Gasteiger partial charge >= 0.3 is 0 Å². The fourth-order valence-corrected chi connectivity index (χ4v) is 2.93. The highest BCUT2D eigenvalue weighted by Crippen LogP contribution is 2.27. The molecule has 0 radical (unpaired) electrons. The van der Waals surface area contributed by atoms with Gasteiger partial charge in [0.2, 0.25) is 0 Å². The van der Waals surface area contributed by atoms with Gasteiger partial charge in [-0.25, -0.2) is 4.98 Å². The first-order chi connectivity index (χ1) is 9.70. The quantitative estimate of drug-likeness (QED) is 0.644. The van der Waals surface area contributed by atoms with Crippen molar-refractivity contribution in [3.8, 4) is 5.75 Å². The molecule has 3 rings (SSSR count). The number of nitrogens with two attached hydrogens (primary N) is 1. The second-order valence-electron chi connectivity index (χ2n) is 4.59. The molecule has 1 aromatic heterocycles. The minimum absolute atomic E-state index is 0.297. The molecule has 0 aliphatic carbocycles. The van der Waals surface area contributed by atoms with Crippen LogP contribution >= 0.6 is 11.3 Å². The average molecular weight is 285 g/mol. The lowest BCUT2D eigenvalue weighted by Crippen LogP contribution is -2.04. The first-order valence-electron chi connectivity index (χ1n) is 6.38. The number of phenols is 1. The zero-order valence-electron chi connectivity index (χ0n) is 10.8. The molecule has 5 heteroatoms. The minimum atomic E-state index is 0.297. The third-order valence-electron chi connectivity index (χ3n) is 3.04. The van der Waals surface area contributed by atoms with E-state index in [1.54, 1.807) is 23.5 Å². The summed E-state index contributed by atoms with van der Waals surface area (Å²) in [5, 5.41) is 13.5. The highest BCUT2D eigenvalue weighted by atomic mass is 32.1. The number of rotatable bonds is 4. The van der Waals surface area contributed by atoms with Crippen molar-refractivity contribution in [1.82, 2.24) is 4.98 Å². The van der Waals surface area contributed by atoms with Gasteiger partial charge in [-0.05, 0) is 42.3 Å². The van der Waals surface area contributed by atoms with Gasteiger partial charge in [0.25, 0.3) is 0 Å². The number of nitrogens with zero attached hydrogens (tertiary/aromatic N) is 1. The number of hydrogen-bond acceptors (Lipinski definition) is 5. The maximum atomic E-state index is 9.23. The molecule has 0 aliphatic heterocycles. The Balaban J connectivity index is 1.63. The Kier molecular flexibility index (Phi) is 3.43. The topological polar surface area (TPSA) is 71.2 Å². The smallest absolute Gasteiger partial charge is 0.183 e. The lowest BCUT2D eigenvalue weighted by molar-refractivity contribution is 0.475. The second-order valence-corrected chi connectivity index (χ2v) is 5.62. The summed E-state index contributed by atoms with van der Waals surface area (Å²) < 4.78 is 1.09. The summed E-state index contributed by atoms with van der Waals surface area (Å²) in [6, 6.07) is 13.0. The van der Waals surface area contributed by atoms with Crippen LogP contribution in [0.5, 0.6) is 5.75 Å². The maximum Gasteiger partial charge on any atom is 0.183 e. The van der Waals surface area contributed by atoms with E-state index in [1.165, 1.54) is 5.56 Å². The Bertz CT molecular complexity index is 722. The molecule has 2 aromatic carbocycles. The Labute approximate surface area is 120 Å². The van der Waals surface area contributed by atoms with E-state index in [0.29, 0.717) is 5.75 Å². The van der Waals surface area contributed by atoms with Crippen molar-refractivity contribution in [2.75, 3.05) is 17.6 Å². The molecule has 0 aliphatic rings.